The van der Waals surface area contributed by atoms with Crippen LogP contribution in [0.4, 0.5) is 0 Å². The highest BCUT2D eigenvalue weighted by Crippen LogP contribution is 2.21. The van der Waals surface area contributed by atoms with Gasteiger partial charge in [0.2, 0.25) is 5.91 Å². The summed E-state index contributed by atoms with van der Waals surface area (Å²) in [6, 6.07) is 19.0. The first-order chi connectivity index (χ1) is 12.0. The Bertz CT molecular complexity index is 845. The standard InChI is InChI=1S/C20H21NO3S/c22-20(12-11-17-7-3-1-4-8-17)21(15-18-9-5-2-6-10-18)19-13-14-25(23,24)16-19/h1-12,19H,13-16H2/b12-11+/t19-/m0/s1. The molecule has 1 aliphatic heterocycles. The number of hydrogen-bond donors (Lipinski definition) is 0. The molecule has 0 unspecified atom stereocenters. The molecule has 1 heterocycles. The van der Waals surface area contributed by atoms with Crippen molar-refractivity contribution in [3.63, 3.8) is 0 Å². The Kier molecular flexibility index (Phi) is 5.34. The van der Waals surface area contributed by atoms with Gasteiger partial charge in [-0.05, 0) is 23.6 Å². The minimum Gasteiger partial charge on any atom is -0.331 e. The van der Waals surface area contributed by atoms with Gasteiger partial charge in [0.1, 0.15) is 0 Å². The lowest BCUT2D eigenvalue weighted by molar-refractivity contribution is -0.128. The lowest BCUT2D eigenvalue weighted by atomic mass is 10.1. The van der Waals surface area contributed by atoms with Crippen molar-refractivity contribution in [3.8, 4) is 0 Å². The van der Waals surface area contributed by atoms with Crippen LogP contribution in [0, 0.1) is 0 Å². The van der Waals surface area contributed by atoms with Crippen LogP contribution in [-0.4, -0.2) is 36.8 Å². The summed E-state index contributed by atoms with van der Waals surface area (Å²) in [5, 5.41) is 0. The van der Waals surface area contributed by atoms with E-state index in [1.54, 1.807) is 11.0 Å². The summed E-state index contributed by atoms with van der Waals surface area (Å²) in [6.45, 7) is 0.416. The summed E-state index contributed by atoms with van der Waals surface area (Å²) >= 11 is 0. The average Bonchev–Trinajstić information content (AvgIpc) is 2.99. The third kappa shape index (κ3) is 4.79. The number of carbonyl (C=O) groups excluding carboxylic acids is 1. The highest BCUT2D eigenvalue weighted by Gasteiger charge is 2.34. The van der Waals surface area contributed by atoms with Crippen molar-refractivity contribution >= 4 is 21.8 Å². The van der Waals surface area contributed by atoms with E-state index in [9.17, 15) is 13.2 Å². The van der Waals surface area contributed by atoms with Gasteiger partial charge in [-0.15, -0.1) is 0 Å². The van der Waals surface area contributed by atoms with Crippen molar-refractivity contribution in [2.45, 2.75) is 19.0 Å². The molecule has 130 valence electrons. The molecule has 0 saturated carbocycles. The summed E-state index contributed by atoms with van der Waals surface area (Å²) in [7, 11) is -3.05. The van der Waals surface area contributed by atoms with Gasteiger partial charge >= 0.3 is 0 Å². The SMILES string of the molecule is O=C(/C=C/c1ccccc1)N(Cc1ccccc1)[C@H]1CCS(=O)(=O)C1. The number of amides is 1. The Labute approximate surface area is 148 Å². The van der Waals surface area contributed by atoms with Crippen LogP contribution in [0.25, 0.3) is 6.08 Å². The molecule has 0 aromatic heterocycles. The van der Waals surface area contributed by atoms with Gasteiger partial charge in [-0.2, -0.15) is 0 Å². The lowest BCUT2D eigenvalue weighted by Gasteiger charge is -2.27. The normalized spacial score (nSPS) is 19.1. The van der Waals surface area contributed by atoms with E-state index in [0.717, 1.165) is 11.1 Å². The molecule has 0 N–H and O–H groups in total. The number of hydrogen-bond acceptors (Lipinski definition) is 3. The van der Waals surface area contributed by atoms with Crippen LogP contribution < -0.4 is 0 Å². The lowest BCUT2D eigenvalue weighted by Crippen LogP contribution is -2.39. The largest absolute Gasteiger partial charge is 0.331 e. The molecule has 5 heteroatoms. The van der Waals surface area contributed by atoms with Crippen molar-refractivity contribution < 1.29 is 13.2 Å². The molecule has 1 saturated heterocycles. The predicted molar refractivity (Wildman–Crippen MR) is 99.5 cm³/mol. The molecular formula is C20H21NO3S. The summed E-state index contributed by atoms with van der Waals surface area (Å²) in [5.74, 6) is 0.0402. The van der Waals surface area contributed by atoms with Crippen LogP contribution in [0.5, 0.6) is 0 Å². The molecule has 0 bridgehead atoms. The molecule has 1 atom stereocenters. The Balaban J connectivity index is 1.80. The Morgan fingerprint density at radius 1 is 1.04 bits per heavy atom. The fourth-order valence-electron chi connectivity index (χ4n) is 3.02. The average molecular weight is 355 g/mol. The molecule has 2 aromatic carbocycles. The van der Waals surface area contributed by atoms with Crippen LogP contribution in [0.15, 0.2) is 66.7 Å². The van der Waals surface area contributed by atoms with E-state index in [4.69, 9.17) is 0 Å². The zero-order valence-corrected chi connectivity index (χ0v) is 14.7. The van der Waals surface area contributed by atoms with Crippen molar-refractivity contribution in [2.75, 3.05) is 11.5 Å². The Morgan fingerprint density at radius 3 is 2.28 bits per heavy atom. The number of nitrogens with zero attached hydrogens (tertiary/aromatic N) is 1. The third-order valence-corrected chi connectivity index (χ3v) is 6.10. The summed E-state index contributed by atoms with van der Waals surface area (Å²) in [4.78, 5) is 14.4. The molecule has 3 rings (SSSR count). The van der Waals surface area contributed by atoms with E-state index in [1.165, 1.54) is 6.08 Å². The van der Waals surface area contributed by atoms with E-state index in [0.29, 0.717) is 13.0 Å². The van der Waals surface area contributed by atoms with Gasteiger partial charge < -0.3 is 4.90 Å². The molecule has 1 aliphatic rings. The fourth-order valence-corrected chi connectivity index (χ4v) is 4.75. The van der Waals surface area contributed by atoms with Gasteiger partial charge in [0.15, 0.2) is 9.84 Å². The molecule has 0 aliphatic carbocycles. The highest BCUT2D eigenvalue weighted by molar-refractivity contribution is 7.91. The Morgan fingerprint density at radius 2 is 1.68 bits per heavy atom. The van der Waals surface area contributed by atoms with E-state index in [-0.39, 0.29) is 23.5 Å². The molecule has 25 heavy (non-hydrogen) atoms. The minimum absolute atomic E-state index is 0.0464. The first kappa shape index (κ1) is 17.4. The first-order valence-corrected chi connectivity index (χ1v) is 10.1. The first-order valence-electron chi connectivity index (χ1n) is 8.31. The van der Waals surface area contributed by atoms with Crippen LogP contribution in [0.2, 0.25) is 0 Å². The Hall–Kier alpha value is -2.40. The van der Waals surface area contributed by atoms with Gasteiger partial charge in [-0.25, -0.2) is 8.42 Å². The summed E-state index contributed by atoms with van der Waals surface area (Å²) in [6.07, 6.45) is 3.80. The van der Waals surface area contributed by atoms with E-state index < -0.39 is 9.84 Å². The van der Waals surface area contributed by atoms with Crippen molar-refractivity contribution in [1.82, 2.24) is 4.90 Å². The number of carbonyl (C=O) groups is 1. The van der Waals surface area contributed by atoms with Gasteiger partial charge in [-0.3, -0.25) is 4.79 Å². The van der Waals surface area contributed by atoms with Crippen LogP contribution in [0.3, 0.4) is 0 Å². The van der Waals surface area contributed by atoms with Gasteiger partial charge in [0.25, 0.3) is 0 Å². The number of benzene rings is 2. The maximum atomic E-state index is 12.8. The van der Waals surface area contributed by atoms with Gasteiger partial charge in [0, 0.05) is 18.7 Å². The topological polar surface area (TPSA) is 54.5 Å². The van der Waals surface area contributed by atoms with E-state index in [1.807, 2.05) is 60.7 Å². The van der Waals surface area contributed by atoms with E-state index in [2.05, 4.69) is 0 Å². The fraction of sp³-hybridized carbons (Fsp3) is 0.250. The third-order valence-electron chi connectivity index (χ3n) is 4.35. The van der Waals surface area contributed by atoms with Crippen LogP contribution in [-0.2, 0) is 21.2 Å². The summed E-state index contributed by atoms with van der Waals surface area (Å²) < 4.78 is 23.7. The highest BCUT2D eigenvalue weighted by atomic mass is 32.2. The number of rotatable bonds is 5. The van der Waals surface area contributed by atoms with Gasteiger partial charge in [0.05, 0.1) is 11.5 Å². The molecule has 1 amide bonds. The summed E-state index contributed by atoms with van der Waals surface area (Å²) in [5.41, 5.74) is 1.93. The molecular weight excluding hydrogens is 334 g/mol. The number of sulfone groups is 1. The molecule has 4 nitrogen and oxygen atoms in total. The second-order valence-corrected chi connectivity index (χ2v) is 8.48. The quantitative estimate of drug-likeness (QED) is 0.775. The maximum Gasteiger partial charge on any atom is 0.247 e. The van der Waals surface area contributed by atoms with Crippen LogP contribution in [0.1, 0.15) is 17.5 Å². The second kappa shape index (κ2) is 7.66. The molecule has 2 aromatic rings. The van der Waals surface area contributed by atoms with Gasteiger partial charge in [-0.1, -0.05) is 60.7 Å². The van der Waals surface area contributed by atoms with E-state index >= 15 is 0 Å². The zero-order valence-electron chi connectivity index (χ0n) is 13.9. The second-order valence-electron chi connectivity index (χ2n) is 6.25. The zero-order chi connectivity index (χ0) is 17.7. The van der Waals surface area contributed by atoms with Crippen molar-refractivity contribution in [3.05, 3.63) is 77.9 Å². The predicted octanol–water partition coefficient (Wildman–Crippen LogP) is 2.92. The molecule has 1 fully saturated rings. The van der Waals surface area contributed by atoms with Crippen molar-refractivity contribution in [2.24, 2.45) is 0 Å². The van der Waals surface area contributed by atoms with Crippen molar-refractivity contribution in [1.29, 1.82) is 0 Å². The molecule has 0 spiro atoms. The minimum atomic E-state index is -3.05. The molecule has 0 radical (unpaired) electrons. The monoisotopic (exact) mass is 355 g/mol. The maximum absolute atomic E-state index is 12.8. The van der Waals surface area contributed by atoms with Crippen LogP contribution >= 0.6 is 0 Å². The smallest absolute Gasteiger partial charge is 0.247 e.